The fraction of sp³-hybridized carbons (Fsp3) is 0.524. The largest absolute Gasteiger partial charge is 0.486 e. The van der Waals surface area contributed by atoms with Gasteiger partial charge in [-0.2, -0.15) is 0 Å². The van der Waals surface area contributed by atoms with E-state index in [1.54, 1.807) is 11.3 Å². The smallest absolute Gasteiger partial charge is 0.228 e. The van der Waals surface area contributed by atoms with Gasteiger partial charge in [-0.3, -0.25) is 4.79 Å². The summed E-state index contributed by atoms with van der Waals surface area (Å²) in [5, 5.41) is 6.26. The van der Waals surface area contributed by atoms with Gasteiger partial charge < -0.3 is 15.0 Å². The highest BCUT2D eigenvalue weighted by Crippen LogP contribution is 2.18. The average Bonchev–Trinajstić information content (AvgIpc) is 3.13. The summed E-state index contributed by atoms with van der Waals surface area (Å²) in [6.07, 6.45) is 3.45. The molecule has 0 atom stereocenters. The van der Waals surface area contributed by atoms with Crippen molar-refractivity contribution in [3.8, 4) is 5.75 Å². The maximum absolute atomic E-state index is 12.9. The molecule has 1 N–H and O–H groups in total. The third-order valence-corrected chi connectivity index (χ3v) is 5.72. The number of hydrogen-bond donors (Lipinski definition) is 1. The van der Waals surface area contributed by atoms with Crippen LogP contribution in [0.4, 0.5) is 0 Å². The standard InChI is InChI=1S/C21H29N3O2S/c1-3-12-24(18-8-10-22-11-9-18)21(25)13-17-15-27-20(23-17)14-26-19-6-4-16(2)5-7-19/h4-7,15,18,22H,3,8-14H2,1-2H3. The van der Waals surface area contributed by atoms with Gasteiger partial charge in [0, 0.05) is 18.0 Å². The third-order valence-electron chi connectivity index (χ3n) is 4.85. The van der Waals surface area contributed by atoms with Crippen LogP contribution in [-0.2, 0) is 17.8 Å². The van der Waals surface area contributed by atoms with Gasteiger partial charge in [-0.25, -0.2) is 4.98 Å². The van der Waals surface area contributed by atoms with Crippen LogP contribution in [0.25, 0.3) is 0 Å². The Labute approximate surface area is 165 Å². The van der Waals surface area contributed by atoms with Crippen LogP contribution in [0.1, 0.15) is 42.5 Å². The predicted octanol–water partition coefficient (Wildman–Crippen LogP) is 3.56. The molecule has 0 saturated carbocycles. The van der Waals surface area contributed by atoms with Gasteiger partial charge in [-0.1, -0.05) is 24.6 Å². The minimum Gasteiger partial charge on any atom is -0.486 e. The lowest BCUT2D eigenvalue weighted by atomic mass is 10.0. The molecule has 2 aromatic rings. The second-order valence-electron chi connectivity index (χ2n) is 7.08. The zero-order valence-electron chi connectivity index (χ0n) is 16.2. The van der Waals surface area contributed by atoms with Gasteiger partial charge in [0.25, 0.3) is 0 Å². The van der Waals surface area contributed by atoms with Crippen molar-refractivity contribution in [1.82, 2.24) is 15.2 Å². The Morgan fingerprint density at radius 2 is 2.04 bits per heavy atom. The number of benzene rings is 1. The maximum atomic E-state index is 12.9. The molecule has 0 aliphatic carbocycles. The van der Waals surface area contributed by atoms with Gasteiger partial charge in [-0.15, -0.1) is 11.3 Å². The molecule has 6 heteroatoms. The quantitative estimate of drug-likeness (QED) is 0.752. The van der Waals surface area contributed by atoms with E-state index in [-0.39, 0.29) is 5.91 Å². The SMILES string of the molecule is CCCN(C(=O)Cc1csc(COc2ccc(C)cc2)n1)C1CCNCC1. The molecule has 1 aromatic heterocycles. The van der Waals surface area contributed by atoms with E-state index < -0.39 is 0 Å². The highest BCUT2D eigenvalue weighted by molar-refractivity contribution is 7.09. The molecule has 2 heterocycles. The third kappa shape index (κ3) is 5.78. The molecule has 1 saturated heterocycles. The molecule has 0 radical (unpaired) electrons. The number of aryl methyl sites for hydroxylation is 1. The van der Waals surface area contributed by atoms with Crippen LogP contribution in [-0.4, -0.2) is 41.5 Å². The van der Waals surface area contributed by atoms with Crippen molar-refractivity contribution in [3.63, 3.8) is 0 Å². The molecule has 27 heavy (non-hydrogen) atoms. The summed E-state index contributed by atoms with van der Waals surface area (Å²) in [7, 11) is 0. The fourth-order valence-electron chi connectivity index (χ4n) is 3.40. The van der Waals surface area contributed by atoms with E-state index in [9.17, 15) is 4.79 Å². The topological polar surface area (TPSA) is 54.5 Å². The highest BCUT2D eigenvalue weighted by atomic mass is 32.1. The molecule has 1 amide bonds. The first-order chi connectivity index (χ1) is 13.2. The lowest BCUT2D eigenvalue weighted by Gasteiger charge is -2.34. The number of nitrogens with zero attached hydrogens (tertiary/aromatic N) is 2. The van der Waals surface area contributed by atoms with Crippen LogP contribution in [0.2, 0.25) is 0 Å². The number of amides is 1. The van der Waals surface area contributed by atoms with Gasteiger partial charge >= 0.3 is 0 Å². The zero-order chi connectivity index (χ0) is 19.1. The van der Waals surface area contributed by atoms with E-state index in [2.05, 4.69) is 29.0 Å². The maximum Gasteiger partial charge on any atom is 0.228 e. The summed E-state index contributed by atoms with van der Waals surface area (Å²) in [5.74, 6) is 1.04. The molecule has 1 fully saturated rings. The Balaban J connectivity index is 1.55. The number of nitrogens with one attached hydrogen (secondary N) is 1. The number of thiazole rings is 1. The van der Waals surface area contributed by atoms with Gasteiger partial charge in [0.15, 0.2) is 0 Å². The van der Waals surface area contributed by atoms with Crippen LogP contribution < -0.4 is 10.1 Å². The van der Waals surface area contributed by atoms with Crippen LogP contribution in [0.15, 0.2) is 29.6 Å². The van der Waals surface area contributed by atoms with Crippen LogP contribution in [0, 0.1) is 6.92 Å². The number of ether oxygens (including phenoxy) is 1. The number of hydrogen-bond acceptors (Lipinski definition) is 5. The molecule has 3 rings (SSSR count). The van der Waals surface area contributed by atoms with E-state index in [1.165, 1.54) is 5.56 Å². The van der Waals surface area contributed by atoms with Crippen LogP contribution in [0.3, 0.4) is 0 Å². The highest BCUT2D eigenvalue weighted by Gasteiger charge is 2.25. The minimum atomic E-state index is 0.194. The lowest BCUT2D eigenvalue weighted by molar-refractivity contribution is -0.133. The van der Waals surface area contributed by atoms with Gasteiger partial charge in [0.2, 0.25) is 5.91 Å². The number of carbonyl (C=O) groups is 1. The molecular formula is C21H29N3O2S. The van der Waals surface area contributed by atoms with Crippen molar-refractivity contribution in [2.75, 3.05) is 19.6 Å². The van der Waals surface area contributed by atoms with Crippen LogP contribution in [0.5, 0.6) is 5.75 Å². The monoisotopic (exact) mass is 387 g/mol. The van der Waals surface area contributed by atoms with Crippen molar-refractivity contribution in [3.05, 3.63) is 45.9 Å². The average molecular weight is 388 g/mol. The summed E-state index contributed by atoms with van der Waals surface area (Å²) in [5.41, 5.74) is 2.06. The van der Waals surface area contributed by atoms with Crippen molar-refractivity contribution >= 4 is 17.2 Å². The number of rotatable bonds is 8. The Bertz CT molecular complexity index is 723. The minimum absolute atomic E-state index is 0.194. The first-order valence-electron chi connectivity index (χ1n) is 9.78. The van der Waals surface area contributed by atoms with Gasteiger partial charge in [-0.05, 0) is 51.4 Å². The number of carbonyl (C=O) groups excluding carboxylic acids is 1. The summed E-state index contributed by atoms with van der Waals surface area (Å²) in [6.45, 7) is 7.45. The normalized spacial score (nSPS) is 14.9. The summed E-state index contributed by atoms with van der Waals surface area (Å²) in [4.78, 5) is 19.5. The Hall–Kier alpha value is -1.92. The first kappa shape index (κ1) is 19.8. The molecule has 146 valence electrons. The Morgan fingerprint density at radius 1 is 1.30 bits per heavy atom. The van der Waals surface area contributed by atoms with E-state index in [4.69, 9.17) is 4.74 Å². The van der Waals surface area contributed by atoms with E-state index in [0.717, 1.165) is 55.3 Å². The number of aromatic nitrogens is 1. The van der Waals surface area contributed by atoms with Crippen molar-refractivity contribution in [2.24, 2.45) is 0 Å². The zero-order valence-corrected chi connectivity index (χ0v) is 17.1. The van der Waals surface area contributed by atoms with Crippen molar-refractivity contribution < 1.29 is 9.53 Å². The summed E-state index contributed by atoms with van der Waals surface area (Å²) >= 11 is 1.56. The molecule has 1 aliphatic heterocycles. The molecular weight excluding hydrogens is 358 g/mol. The van der Waals surface area contributed by atoms with Gasteiger partial charge in [0.05, 0.1) is 12.1 Å². The van der Waals surface area contributed by atoms with Gasteiger partial charge in [0.1, 0.15) is 17.4 Å². The molecule has 5 nitrogen and oxygen atoms in total. The fourth-order valence-corrected chi connectivity index (χ4v) is 4.11. The van der Waals surface area contributed by atoms with E-state index in [1.807, 2.05) is 29.6 Å². The van der Waals surface area contributed by atoms with Crippen molar-refractivity contribution in [1.29, 1.82) is 0 Å². The second kappa shape index (κ2) is 9.85. The molecule has 1 aliphatic rings. The van der Waals surface area contributed by atoms with E-state index in [0.29, 0.717) is 19.1 Å². The van der Waals surface area contributed by atoms with E-state index >= 15 is 0 Å². The Morgan fingerprint density at radius 3 is 2.74 bits per heavy atom. The molecule has 0 unspecified atom stereocenters. The van der Waals surface area contributed by atoms with Crippen molar-refractivity contribution in [2.45, 2.75) is 52.2 Å². The number of piperidine rings is 1. The summed E-state index contributed by atoms with van der Waals surface area (Å²) in [6, 6.07) is 8.36. The summed E-state index contributed by atoms with van der Waals surface area (Å²) < 4.78 is 5.79. The molecule has 1 aromatic carbocycles. The first-order valence-corrected chi connectivity index (χ1v) is 10.7. The van der Waals surface area contributed by atoms with Crippen LogP contribution >= 0.6 is 11.3 Å². The predicted molar refractivity (Wildman–Crippen MR) is 109 cm³/mol. The lowest BCUT2D eigenvalue weighted by Crippen LogP contribution is -2.47. The molecule has 0 bridgehead atoms. The Kier molecular flexibility index (Phi) is 7.24. The molecule has 0 spiro atoms. The second-order valence-corrected chi connectivity index (χ2v) is 8.02.